The zero-order chi connectivity index (χ0) is 9.97. The van der Waals surface area contributed by atoms with Crippen LogP contribution in [0, 0.1) is 5.92 Å². The molecule has 0 aromatic carbocycles. The first kappa shape index (κ1) is 10.1. The van der Waals surface area contributed by atoms with E-state index in [0.29, 0.717) is 17.1 Å². The molecule has 2 heterocycles. The maximum Gasteiger partial charge on any atom is 0.193 e. The Bertz CT molecular complexity index is 291. The first-order valence-corrected chi connectivity index (χ1v) is 5.61. The first-order chi connectivity index (χ1) is 6.77. The van der Waals surface area contributed by atoms with Gasteiger partial charge in [-0.2, -0.15) is 0 Å². The number of rotatable bonds is 2. The van der Waals surface area contributed by atoms with Crippen molar-refractivity contribution in [1.82, 2.24) is 5.32 Å². The van der Waals surface area contributed by atoms with Gasteiger partial charge < -0.3 is 9.73 Å². The van der Waals surface area contributed by atoms with E-state index in [1.807, 2.05) is 12.1 Å². The second-order valence-corrected chi connectivity index (χ2v) is 4.41. The summed E-state index contributed by atoms with van der Waals surface area (Å²) in [6.45, 7) is 4.47. The van der Waals surface area contributed by atoms with Crippen LogP contribution in [0.2, 0.25) is 5.22 Å². The van der Waals surface area contributed by atoms with Gasteiger partial charge in [0, 0.05) is 5.92 Å². The molecule has 0 saturated carbocycles. The van der Waals surface area contributed by atoms with E-state index in [-0.39, 0.29) is 0 Å². The molecule has 0 aliphatic carbocycles. The van der Waals surface area contributed by atoms with Crippen LogP contribution in [0.25, 0.3) is 0 Å². The van der Waals surface area contributed by atoms with Crippen LogP contribution in [0.5, 0.6) is 0 Å². The van der Waals surface area contributed by atoms with E-state index in [4.69, 9.17) is 16.0 Å². The Balaban J connectivity index is 2.03. The third kappa shape index (κ3) is 2.12. The fraction of sp³-hybridized carbons (Fsp3) is 0.636. The highest BCUT2D eigenvalue weighted by Crippen LogP contribution is 2.31. The minimum Gasteiger partial charge on any atom is -0.449 e. The highest BCUT2D eigenvalue weighted by atomic mass is 35.5. The molecular formula is C11H16ClNO. The van der Waals surface area contributed by atoms with E-state index >= 15 is 0 Å². The lowest BCUT2D eigenvalue weighted by molar-refractivity contribution is 0.305. The van der Waals surface area contributed by atoms with Gasteiger partial charge in [0.1, 0.15) is 5.76 Å². The van der Waals surface area contributed by atoms with Gasteiger partial charge in [0.2, 0.25) is 0 Å². The summed E-state index contributed by atoms with van der Waals surface area (Å²) in [6, 6.07) is 3.81. The summed E-state index contributed by atoms with van der Waals surface area (Å²) < 4.78 is 5.44. The van der Waals surface area contributed by atoms with Crippen molar-refractivity contribution in [2.45, 2.75) is 25.7 Å². The number of halogens is 1. The predicted octanol–water partition coefficient (Wildman–Crippen LogP) is 3.04. The molecule has 2 unspecified atom stereocenters. The maximum absolute atomic E-state index is 5.76. The fourth-order valence-corrected chi connectivity index (χ4v) is 2.26. The minimum absolute atomic E-state index is 0.468. The molecule has 1 aromatic heterocycles. The topological polar surface area (TPSA) is 25.2 Å². The molecule has 0 bridgehead atoms. The molecule has 1 aliphatic rings. The van der Waals surface area contributed by atoms with Crippen LogP contribution in [0.4, 0.5) is 0 Å². The largest absolute Gasteiger partial charge is 0.449 e. The highest BCUT2D eigenvalue weighted by molar-refractivity contribution is 6.28. The normalized spacial score (nSPS) is 24.9. The Morgan fingerprint density at radius 3 is 3.00 bits per heavy atom. The van der Waals surface area contributed by atoms with Gasteiger partial charge in [-0.15, -0.1) is 0 Å². The second kappa shape index (κ2) is 4.37. The van der Waals surface area contributed by atoms with E-state index in [0.717, 1.165) is 18.8 Å². The van der Waals surface area contributed by atoms with Crippen molar-refractivity contribution in [2.75, 3.05) is 13.1 Å². The van der Waals surface area contributed by atoms with Crippen molar-refractivity contribution in [2.24, 2.45) is 5.92 Å². The Hall–Kier alpha value is -0.470. The van der Waals surface area contributed by atoms with Gasteiger partial charge in [-0.05, 0) is 55.6 Å². The van der Waals surface area contributed by atoms with Crippen molar-refractivity contribution in [3.05, 3.63) is 23.1 Å². The zero-order valence-electron chi connectivity index (χ0n) is 8.42. The van der Waals surface area contributed by atoms with Crippen LogP contribution < -0.4 is 5.32 Å². The van der Waals surface area contributed by atoms with E-state index in [2.05, 4.69) is 12.2 Å². The van der Waals surface area contributed by atoms with Crippen LogP contribution in [0.1, 0.15) is 31.4 Å². The predicted molar refractivity (Wildman–Crippen MR) is 57.7 cm³/mol. The van der Waals surface area contributed by atoms with Crippen LogP contribution in [-0.2, 0) is 0 Å². The Morgan fingerprint density at radius 1 is 1.57 bits per heavy atom. The molecule has 0 radical (unpaired) electrons. The van der Waals surface area contributed by atoms with E-state index in [1.165, 1.54) is 12.8 Å². The lowest BCUT2D eigenvalue weighted by Gasteiger charge is -2.27. The molecular weight excluding hydrogens is 198 g/mol. The summed E-state index contributed by atoms with van der Waals surface area (Å²) in [6.07, 6.45) is 2.55. The Morgan fingerprint density at radius 2 is 2.43 bits per heavy atom. The number of hydrogen-bond donors (Lipinski definition) is 1. The van der Waals surface area contributed by atoms with Crippen molar-refractivity contribution in [3.63, 3.8) is 0 Å². The number of nitrogens with one attached hydrogen (secondary N) is 1. The van der Waals surface area contributed by atoms with Gasteiger partial charge in [-0.3, -0.25) is 0 Å². The molecule has 3 heteroatoms. The third-order valence-electron chi connectivity index (χ3n) is 3.08. The number of piperidine rings is 1. The van der Waals surface area contributed by atoms with Crippen molar-refractivity contribution < 1.29 is 4.42 Å². The molecule has 1 aliphatic heterocycles. The van der Waals surface area contributed by atoms with Crippen molar-refractivity contribution in [1.29, 1.82) is 0 Å². The zero-order valence-corrected chi connectivity index (χ0v) is 9.18. The fourth-order valence-electron chi connectivity index (χ4n) is 2.11. The van der Waals surface area contributed by atoms with Crippen molar-refractivity contribution in [3.8, 4) is 0 Å². The molecule has 14 heavy (non-hydrogen) atoms. The maximum atomic E-state index is 5.76. The number of furan rings is 1. The van der Waals surface area contributed by atoms with E-state index < -0.39 is 0 Å². The summed E-state index contributed by atoms with van der Waals surface area (Å²) in [7, 11) is 0. The average molecular weight is 214 g/mol. The molecule has 78 valence electrons. The van der Waals surface area contributed by atoms with Gasteiger partial charge in [-0.1, -0.05) is 6.92 Å². The van der Waals surface area contributed by atoms with Gasteiger partial charge in [0.15, 0.2) is 5.22 Å². The summed E-state index contributed by atoms with van der Waals surface area (Å²) >= 11 is 5.76. The smallest absolute Gasteiger partial charge is 0.193 e. The summed E-state index contributed by atoms with van der Waals surface area (Å²) in [4.78, 5) is 0. The molecule has 2 atom stereocenters. The first-order valence-electron chi connectivity index (χ1n) is 5.23. The SMILES string of the molecule is CC(c1ccc(Cl)o1)C1CCCNC1. The monoisotopic (exact) mass is 213 g/mol. The quantitative estimate of drug-likeness (QED) is 0.817. The molecule has 1 N–H and O–H groups in total. The van der Waals surface area contributed by atoms with Crippen molar-refractivity contribution >= 4 is 11.6 Å². The van der Waals surface area contributed by atoms with Crippen LogP contribution in [0.15, 0.2) is 16.5 Å². The molecule has 0 spiro atoms. The summed E-state index contributed by atoms with van der Waals surface area (Å²) in [5, 5.41) is 3.91. The second-order valence-electron chi connectivity index (χ2n) is 4.04. The standard InChI is InChI=1S/C11H16ClNO/c1-8(9-3-2-6-13-7-9)10-4-5-11(12)14-10/h4-5,8-9,13H,2-3,6-7H2,1H3. The Labute approximate surface area is 89.6 Å². The van der Waals surface area contributed by atoms with E-state index in [9.17, 15) is 0 Å². The number of hydrogen-bond acceptors (Lipinski definition) is 2. The molecule has 1 saturated heterocycles. The third-order valence-corrected chi connectivity index (χ3v) is 3.29. The lowest BCUT2D eigenvalue weighted by Crippen LogP contribution is -2.32. The molecule has 2 rings (SSSR count). The summed E-state index contributed by atoms with van der Waals surface area (Å²) in [5.41, 5.74) is 0. The van der Waals surface area contributed by atoms with Crippen LogP contribution >= 0.6 is 11.6 Å². The van der Waals surface area contributed by atoms with Gasteiger partial charge in [-0.25, -0.2) is 0 Å². The van der Waals surface area contributed by atoms with Crippen LogP contribution in [0.3, 0.4) is 0 Å². The van der Waals surface area contributed by atoms with Gasteiger partial charge >= 0.3 is 0 Å². The molecule has 1 fully saturated rings. The van der Waals surface area contributed by atoms with Gasteiger partial charge in [0.25, 0.3) is 0 Å². The molecule has 1 aromatic rings. The Kier molecular flexibility index (Phi) is 3.14. The van der Waals surface area contributed by atoms with E-state index in [1.54, 1.807) is 0 Å². The molecule has 0 amide bonds. The highest BCUT2D eigenvalue weighted by Gasteiger charge is 2.23. The lowest BCUT2D eigenvalue weighted by atomic mass is 9.86. The van der Waals surface area contributed by atoms with Gasteiger partial charge in [0.05, 0.1) is 0 Å². The average Bonchev–Trinajstić information content (AvgIpc) is 2.65. The van der Waals surface area contributed by atoms with Crippen LogP contribution in [-0.4, -0.2) is 13.1 Å². The summed E-state index contributed by atoms with van der Waals surface area (Å²) in [5.74, 6) is 2.17. The molecule has 2 nitrogen and oxygen atoms in total. The minimum atomic E-state index is 0.468.